The van der Waals surface area contributed by atoms with Crippen LogP contribution in [0.25, 0.3) is 0 Å². The van der Waals surface area contributed by atoms with E-state index in [4.69, 9.17) is 11.1 Å². The second-order valence-corrected chi connectivity index (χ2v) is 8.51. The SMILES string of the molecule is N=C(N)NCCC[C@H](NCCc1ccc(O)cc1)C(=O)NC(=O)C(c1ccccc1)c1ccccc1. The fraction of sp³-hybridized carbons (Fsp3) is 0.250. The predicted octanol–water partition coefficient (Wildman–Crippen LogP) is 2.63. The zero-order valence-electron chi connectivity index (χ0n) is 20.1. The second kappa shape index (κ2) is 13.7. The molecule has 0 aliphatic heterocycles. The Hall–Kier alpha value is -4.17. The molecule has 2 amide bonds. The number of nitrogens with one attached hydrogen (secondary N) is 4. The van der Waals surface area contributed by atoms with E-state index in [1.807, 2.05) is 72.8 Å². The van der Waals surface area contributed by atoms with Crippen molar-refractivity contribution in [2.75, 3.05) is 13.1 Å². The molecule has 188 valence electrons. The van der Waals surface area contributed by atoms with Gasteiger partial charge in [-0.3, -0.25) is 20.3 Å². The molecule has 36 heavy (non-hydrogen) atoms. The van der Waals surface area contributed by atoms with E-state index in [2.05, 4.69) is 16.0 Å². The molecule has 3 rings (SSSR count). The molecule has 0 spiro atoms. The molecule has 0 unspecified atom stereocenters. The van der Waals surface area contributed by atoms with Gasteiger partial charge in [0.05, 0.1) is 12.0 Å². The number of hydrogen-bond acceptors (Lipinski definition) is 5. The number of guanidine groups is 1. The molecule has 3 aromatic carbocycles. The maximum absolute atomic E-state index is 13.4. The van der Waals surface area contributed by atoms with E-state index in [0.29, 0.717) is 32.4 Å². The Labute approximate surface area is 211 Å². The summed E-state index contributed by atoms with van der Waals surface area (Å²) < 4.78 is 0. The Balaban J connectivity index is 1.69. The average molecular weight is 488 g/mol. The van der Waals surface area contributed by atoms with E-state index < -0.39 is 17.9 Å². The molecule has 1 atom stereocenters. The maximum atomic E-state index is 13.4. The molecule has 0 fully saturated rings. The molecular formula is C28H33N5O3. The van der Waals surface area contributed by atoms with Gasteiger partial charge in [0.25, 0.3) is 0 Å². The molecule has 0 heterocycles. The van der Waals surface area contributed by atoms with Gasteiger partial charge >= 0.3 is 0 Å². The minimum Gasteiger partial charge on any atom is -0.508 e. The van der Waals surface area contributed by atoms with Crippen molar-refractivity contribution in [3.63, 3.8) is 0 Å². The Kier molecular flexibility index (Phi) is 10.0. The highest BCUT2D eigenvalue weighted by molar-refractivity contribution is 6.01. The number of aromatic hydroxyl groups is 1. The van der Waals surface area contributed by atoms with E-state index in [1.165, 1.54) is 0 Å². The summed E-state index contributed by atoms with van der Waals surface area (Å²) >= 11 is 0. The minimum absolute atomic E-state index is 0.125. The highest BCUT2D eigenvalue weighted by Crippen LogP contribution is 2.24. The predicted molar refractivity (Wildman–Crippen MR) is 141 cm³/mol. The zero-order valence-corrected chi connectivity index (χ0v) is 20.1. The number of rotatable bonds is 12. The van der Waals surface area contributed by atoms with E-state index >= 15 is 0 Å². The van der Waals surface area contributed by atoms with Crippen molar-refractivity contribution in [1.82, 2.24) is 16.0 Å². The van der Waals surface area contributed by atoms with Crippen LogP contribution in [-0.4, -0.2) is 42.0 Å². The summed E-state index contributed by atoms with van der Waals surface area (Å²) in [6.07, 6.45) is 1.69. The van der Waals surface area contributed by atoms with Crippen LogP contribution in [0.1, 0.15) is 35.4 Å². The first kappa shape index (κ1) is 26.4. The summed E-state index contributed by atoms with van der Waals surface area (Å²) in [5.74, 6) is -1.32. The Morgan fingerprint density at radius 2 is 1.42 bits per heavy atom. The van der Waals surface area contributed by atoms with Crippen LogP contribution in [-0.2, 0) is 16.0 Å². The van der Waals surface area contributed by atoms with Gasteiger partial charge < -0.3 is 21.5 Å². The molecule has 0 aliphatic rings. The molecule has 0 aliphatic carbocycles. The number of phenolic OH excluding ortho intramolecular Hbond substituents is 1. The van der Waals surface area contributed by atoms with Gasteiger partial charge in [-0.2, -0.15) is 0 Å². The van der Waals surface area contributed by atoms with Crippen LogP contribution in [0.15, 0.2) is 84.9 Å². The number of nitrogens with two attached hydrogens (primary N) is 1. The standard InChI is InChI=1S/C28H33N5O3/c29-28(30)32-18-7-12-24(31-19-17-20-13-15-23(34)16-14-20)26(35)33-27(36)25(21-8-3-1-4-9-21)22-10-5-2-6-11-22/h1-6,8-11,13-16,24-25,31,34H,7,12,17-19H2,(H4,29,30,32)(H,33,35,36)/t24-/m0/s1. The lowest BCUT2D eigenvalue weighted by Crippen LogP contribution is -2.48. The number of hydrogen-bond donors (Lipinski definition) is 6. The lowest BCUT2D eigenvalue weighted by Gasteiger charge is -2.21. The van der Waals surface area contributed by atoms with Crippen molar-refractivity contribution < 1.29 is 14.7 Å². The lowest BCUT2D eigenvalue weighted by molar-refractivity contribution is -0.132. The molecule has 0 bridgehead atoms. The number of imide groups is 1. The smallest absolute Gasteiger partial charge is 0.243 e. The lowest BCUT2D eigenvalue weighted by atomic mass is 9.90. The number of phenols is 1. The summed E-state index contributed by atoms with van der Waals surface area (Å²) in [5, 5.41) is 25.4. The van der Waals surface area contributed by atoms with Crippen LogP contribution in [0.2, 0.25) is 0 Å². The van der Waals surface area contributed by atoms with E-state index in [0.717, 1.165) is 16.7 Å². The van der Waals surface area contributed by atoms with Crippen molar-refractivity contribution in [3.8, 4) is 5.75 Å². The summed E-state index contributed by atoms with van der Waals surface area (Å²) in [4.78, 5) is 26.6. The first-order chi connectivity index (χ1) is 17.4. The normalized spacial score (nSPS) is 11.6. The van der Waals surface area contributed by atoms with Crippen LogP contribution in [0.4, 0.5) is 0 Å². The fourth-order valence-electron chi connectivity index (χ4n) is 3.98. The summed E-state index contributed by atoms with van der Waals surface area (Å²) in [6, 6.07) is 25.1. The monoisotopic (exact) mass is 487 g/mol. The van der Waals surface area contributed by atoms with Gasteiger partial charge in [0.2, 0.25) is 11.8 Å². The van der Waals surface area contributed by atoms with Crippen molar-refractivity contribution in [3.05, 3.63) is 102 Å². The van der Waals surface area contributed by atoms with Gasteiger partial charge in [-0.25, -0.2) is 0 Å². The van der Waals surface area contributed by atoms with Gasteiger partial charge in [0.15, 0.2) is 5.96 Å². The third kappa shape index (κ3) is 8.25. The molecule has 0 aromatic heterocycles. The topological polar surface area (TPSA) is 140 Å². The molecular weight excluding hydrogens is 454 g/mol. The molecule has 7 N–H and O–H groups in total. The molecule has 3 aromatic rings. The maximum Gasteiger partial charge on any atom is 0.243 e. The molecule has 8 nitrogen and oxygen atoms in total. The molecule has 8 heteroatoms. The largest absolute Gasteiger partial charge is 0.508 e. The third-order valence-electron chi connectivity index (χ3n) is 5.82. The van der Waals surface area contributed by atoms with Gasteiger partial charge in [-0.1, -0.05) is 72.8 Å². The summed E-state index contributed by atoms with van der Waals surface area (Å²) in [7, 11) is 0. The first-order valence-electron chi connectivity index (χ1n) is 12.0. The Bertz CT molecular complexity index is 1080. The summed E-state index contributed by atoms with van der Waals surface area (Å²) in [5.41, 5.74) is 7.97. The minimum atomic E-state index is -0.617. The molecule has 0 saturated carbocycles. The van der Waals surface area contributed by atoms with E-state index in [-0.39, 0.29) is 17.6 Å². The third-order valence-corrected chi connectivity index (χ3v) is 5.82. The number of carbonyl (C=O) groups is 2. The van der Waals surface area contributed by atoms with E-state index in [9.17, 15) is 14.7 Å². The van der Waals surface area contributed by atoms with Gasteiger partial charge in [0, 0.05) is 6.54 Å². The van der Waals surface area contributed by atoms with Crippen LogP contribution in [0.3, 0.4) is 0 Å². The Morgan fingerprint density at radius 3 is 1.97 bits per heavy atom. The van der Waals surface area contributed by atoms with Gasteiger partial charge in [0.1, 0.15) is 5.75 Å². The quantitative estimate of drug-likeness (QED) is 0.132. The van der Waals surface area contributed by atoms with Crippen LogP contribution in [0.5, 0.6) is 5.75 Å². The van der Waals surface area contributed by atoms with Gasteiger partial charge in [-0.15, -0.1) is 0 Å². The van der Waals surface area contributed by atoms with Crippen LogP contribution in [0, 0.1) is 5.41 Å². The number of amides is 2. The average Bonchev–Trinajstić information content (AvgIpc) is 2.88. The second-order valence-electron chi connectivity index (χ2n) is 8.51. The molecule has 0 saturated heterocycles. The van der Waals surface area contributed by atoms with Crippen molar-refractivity contribution in [1.29, 1.82) is 5.41 Å². The molecule has 0 radical (unpaired) electrons. The number of benzene rings is 3. The zero-order chi connectivity index (χ0) is 25.8. The highest BCUT2D eigenvalue weighted by atomic mass is 16.3. The van der Waals surface area contributed by atoms with Crippen LogP contribution >= 0.6 is 0 Å². The highest BCUT2D eigenvalue weighted by Gasteiger charge is 2.27. The van der Waals surface area contributed by atoms with Crippen LogP contribution < -0.4 is 21.7 Å². The van der Waals surface area contributed by atoms with Gasteiger partial charge in [-0.05, 0) is 54.6 Å². The summed E-state index contributed by atoms with van der Waals surface area (Å²) in [6.45, 7) is 0.960. The van der Waals surface area contributed by atoms with E-state index in [1.54, 1.807) is 12.1 Å². The first-order valence-corrected chi connectivity index (χ1v) is 12.0. The number of carbonyl (C=O) groups excluding carboxylic acids is 2. The van der Waals surface area contributed by atoms with Crippen molar-refractivity contribution in [2.45, 2.75) is 31.2 Å². The van der Waals surface area contributed by atoms with Crippen molar-refractivity contribution in [2.24, 2.45) is 5.73 Å². The van der Waals surface area contributed by atoms with Crippen molar-refractivity contribution >= 4 is 17.8 Å². The fourth-order valence-corrected chi connectivity index (χ4v) is 3.98. The Morgan fingerprint density at radius 1 is 0.833 bits per heavy atom.